The first kappa shape index (κ1) is 11.5. The lowest BCUT2D eigenvalue weighted by Crippen LogP contribution is -2.57. The fourth-order valence-electron chi connectivity index (χ4n) is 1.84. The molecule has 3 nitrogen and oxygen atoms in total. The summed E-state index contributed by atoms with van der Waals surface area (Å²) in [5, 5.41) is 12.1. The average Bonchev–Trinajstić information content (AvgIpc) is 2.13. The summed E-state index contributed by atoms with van der Waals surface area (Å²) in [4.78, 5) is 12.0. The van der Waals surface area contributed by atoms with E-state index in [1.807, 2.05) is 25.1 Å². The molecule has 16 heavy (non-hydrogen) atoms. The zero-order valence-electron chi connectivity index (χ0n) is 9.19. The number of nitrogens with one attached hydrogen (secondary N) is 1. The van der Waals surface area contributed by atoms with Crippen molar-refractivity contribution in [3.63, 3.8) is 0 Å². The van der Waals surface area contributed by atoms with Gasteiger partial charge in [0.2, 0.25) is 0 Å². The van der Waals surface area contributed by atoms with Crippen LogP contribution < -0.4 is 5.32 Å². The monoisotopic (exact) mass is 237 g/mol. The van der Waals surface area contributed by atoms with Crippen LogP contribution in [0.4, 0.5) is 0 Å². The molecular formula is C12H15NO2S. The molecule has 1 fully saturated rings. The van der Waals surface area contributed by atoms with E-state index in [0.717, 1.165) is 18.0 Å². The van der Waals surface area contributed by atoms with Crippen molar-refractivity contribution in [2.24, 2.45) is 0 Å². The number of benzene rings is 1. The molecule has 1 aliphatic rings. The average molecular weight is 237 g/mol. The van der Waals surface area contributed by atoms with Crippen LogP contribution >= 0.6 is 11.8 Å². The Bertz CT molecular complexity index is 402. The van der Waals surface area contributed by atoms with E-state index in [-0.39, 0.29) is 11.2 Å². The summed E-state index contributed by atoms with van der Waals surface area (Å²) in [6.07, 6.45) is 0.221. The van der Waals surface area contributed by atoms with Crippen LogP contribution in [0.3, 0.4) is 0 Å². The van der Waals surface area contributed by atoms with Gasteiger partial charge in [0.15, 0.2) is 0 Å². The summed E-state index contributed by atoms with van der Waals surface area (Å²) in [6.45, 7) is 3.60. The molecule has 2 rings (SSSR count). The topological polar surface area (TPSA) is 49.3 Å². The van der Waals surface area contributed by atoms with Gasteiger partial charge < -0.3 is 10.4 Å². The molecule has 0 atom stereocenters. The van der Waals surface area contributed by atoms with E-state index < -0.39 is 5.97 Å². The van der Waals surface area contributed by atoms with E-state index in [0.29, 0.717) is 0 Å². The second kappa shape index (κ2) is 4.47. The third kappa shape index (κ3) is 2.57. The minimum absolute atomic E-state index is 0.153. The summed E-state index contributed by atoms with van der Waals surface area (Å²) < 4.78 is -0.153. The number of thioether (sulfide) groups is 1. The predicted molar refractivity (Wildman–Crippen MR) is 64.9 cm³/mol. The van der Waals surface area contributed by atoms with Crippen LogP contribution in [0, 0.1) is 6.92 Å². The van der Waals surface area contributed by atoms with Crippen LogP contribution in [-0.4, -0.2) is 28.9 Å². The number of hydrogen-bond donors (Lipinski definition) is 2. The summed E-state index contributed by atoms with van der Waals surface area (Å²) in [5.74, 6) is -0.721. The molecule has 4 heteroatoms. The zero-order chi connectivity index (χ0) is 11.6. The first-order valence-electron chi connectivity index (χ1n) is 5.28. The quantitative estimate of drug-likeness (QED) is 0.839. The Morgan fingerprint density at radius 3 is 2.81 bits per heavy atom. The lowest BCUT2D eigenvalue weighted by molar-refractivity contribution is -0.138. The lowest BCUT2D eigenvalue weighted by atomic mass is 9.98. The largest absolute Gasteiger partial charge is 0.481 e. The van der Waals surface area contributed by atoms with E-state index >= 15 is 0 Å². The Kier molecular flexibility index (Phi) is 3.21. The van der Waals surface area contributed by atoms with Crippen molar-refractivity contribution >= 4 is 17.7 Å². The molecule has 0 aromatic heterocycles. The van der Waals surface area contributed by atoms with Crippen LogP contribution in [-0.2, 0) is 4.79 Å². The van der Waals surface area contributed by atoms with Crippen LogP contribution in [0.5, 0.6) is 0 Å². The third-order valence-corrected chi connectivity index (χ3v) is 4.05. The SMILES string of the molecule is Cc1cccc(SC2(CC(=O)O)CNC2)c1. The van der Waals surface area contributed by atoms with E-state index in [1.165, 1.54) is 5.56 Å². The molecule has 0 saturated carbocycles. The molecular weight excluding hydrogens is 222 g/mol. The molecule has 1 saturated heterocycles. The van der Waals surface area contributed by atoms with Crippen molar-refractivity contribution in [3.8, 4) is 0 Å². The maximum absolute atomic E-state index is 10.8. The second-order valence-electron chi connectivity index (χ2n) is 4.28. The van der Waals surface area contributed by atoms with Crippen molar-refractivity contribution in [2.75, 3.05) is 13.1 Å². The van der Waals surface area contributed by atoms with Crippen molar-refractivity contribution in [3.05, 3.63) is 29.8 Å². The smallest absolute Gasteiger partial charge is 0.304 e. The Hall–Kier alpha value is -1.00. The van der Waals surface area contributed by atoms with Gasteiger partial charge in [0.25, 0.3) is 0 Å². The van der Waals surface area contributed by atoms with Gasteiger partial charge >= 0.3 is 5.97 Å². The molecule has 0 spiro atoms. The summed E-state index contributed by atoms with van der Waals surface area (Å²) in [7, 11) is 0. The number of aliphatic carboxylic acids is 1. The maximum Gasteiger partial charge on any atom is 0.304 e. The van der Waals surface area contributed by atoms with Gasteiger partial charge in [-0.3, -0.25) is 4.79 Å². The lowest BCUT2D eigenvalue weighted by Gasteiger charge is -2.40. The van der Waals surface area contributed by atoms with Gasteiger partial charge in [-0.05, 0) is 19.1 Å². The molecule has 0 aliphatic carbocycles. The number of carboxylic acid groups (broad SMARTS) is 1. The Morgan fingerprint density at radius 1 is 1.56 bits per heavy atom. The highest BCUT2D eigenvalue weighted by Gasteiger charge is 2.40. The van der Waals surface area contributed by atoms with Crippen LogP contribution in [0.25, 0.3) is 0 Å². The first-order chi connectivity index (χ1) is 7.60. The molecule has 1 aromatic rings. The van der Waals surface area contributed by atoms with Crippen molar-refractivity contribution in [2.45, 2.75) is 23.0 Å². The second-order valence-corrected chi connectivity index (χ2v) is 5.82. The number of rotatable bonds is 4. The number of aryl methyl sites for hydroxylation is 1. The minimum atomic E-state index is -0.721. The number of carboxylic acids is 1. The van der Waals surface area contributed by atoms with Crippen molar-refractivity contribution < 1.29 is 9.90 Å². The predicted octanol–water partition coefficient (Wildman–Crippen LogP) is 1.90. The molecule has 2 N–H and O–H groups in total. The van der Waals surface area contributed by atoms with Crippen LogP contribution in [0.15, 0.2) is 29.2 Å². The number of hydrogen-bond acceptors (Lipinski definition) is 3. The fourth-order valence-corrected chi connectivity index (χ4v) is 3.28. The van der Waals surface area contributed by atoms with Gasteiger partial charge in [-0.1, -0.05) is 17.7 Å². The van der Waals surface area contributed by atoms with Gasteiger partial charge in [0.1, 0.15) is 0 Å². The number of carbonyl (C=O) groups is 1. The summed E-state index contributed by atoms with van der Waals surface area (Å²) in [6, 6.07) is 8.21. The molecule has 0 radical (unpaired) electrons. The molecule has 1 aliphatic heterocycles. The Labute approximate surface area is 99.2 Å². The minimum Gasteiger partial charge on any atom is -0.481 e. The van der Waals surface area contributed by atoms with E-state index in [2.05, 4.69) is 11.4 Å². The van der Waals surface area contributed by atoms with E-state index in [9.17, 15) is 4.79 Å². The summed E-state index contributed by atoms with van der Waals surface area (Å²) >= 11 is 1.68. The normalized spacial score (nSPS) is 17.8. The molecule has 0 unspecified atom stereocenters. The van der Waals surface area contributed by atoms with Gasteiger partial charge in [-0.25, -0.2) is 0 Å². The third-order valence-electron chi connectivity index (χ3n) is 2.69. The molecule has 0 bridgehead atoms. The van der Waals surface area contributed by atoms with Gasteiger partial charge in [0.05, 0.1) is 11.2 Å². The highest BCUT2D eigenvalue weighted by molar-refractivity contribution is 8.00. The van der Waals surface area contributed by atoms with Crippen molar-refractivity contribution in [1.29, 1.82) is 0 Å². The maximum atomic E-state index is 10.8. The van der Waals surface area contributed by atoms with E-state index in [1.54, 1.807) is 11.8 Å². The molecule has 1 aromatic carbocycles. The summed E-state index contributed by atoms with van der Waals surface area (Å²) in [5.41, 5.74) is 1.21. The molecule has 1 heterocycles. The van der Waals surface area contributed by atoms with Crippen LogP contribution in [0.1, 0.15) is 12.0 Å². The molecule has 0 amide bonds. The first-order valence-corrected chi connectivity index (χ1v) is 6.10. The van der Waals surface area contributed by atoms with Crippen LogP contribution in [0.2, 0.25) is 0 Å². The van der Waals surface area contributed by atoms with E-state index in [4.69, 9.17) is 5.11 Å². The zero-order valence-corrected chi connectivity index (χ0v) is 10.0. The van der Waals surface area contributed by atoms with Gasteiger partial charge in [-0.15, -0.1) is 11.8 Å². The highest BCUT2D eigenvalue weighted by atomic mass is 32.2. The molecule has 86 valence electrons. The Morgan fingerprint density at radius 2 is 2.31 bits per heavy atom. The Balaban J connectivity index is 2.09. The fraction of sp³-hybridized carbons (Fsp3) is 0.417. The standard InChI is InChI=1S/C12H15NO2S/c1-9-3-2-4-10(5-9)16-12(6-11(14)15)7-13-8-12/h2-5,13H,6-8H2,1H3,(H,14,15). The van der Waals surface area contributed by atoms with Gasteiger partial charge in [-0.2, -0.15) is 0 Å². The highest BCUT2D eigenvalue weighted by Crippen LogP contribution is 2.38. The van der Waals surface area contributed by atoms with Gasteiger partial charge in [0, 0.05) is 18.0 Å². The van der Waals surface area contributed by atoms with Crippen molar-refractivity contribution in [1.82, 2.24) is 5.32 Å².